The fourth-order valence-corrected chi connectivity index (χ4v) is 1.45. The summed E-state index contributed by atoms with van der Waals surface area (Å²) in [6.07, 6.45) is 3.76. The molecule has 0 saturated carbocycles. The van der Waals surface area contributed by atoms with Gasteiger partial charge < -0.3 is 10.5 Å². The summed E-state index contributed by atoms with van der Waals surface area (Å²) in [6, 6.07) is 7.51. The van der Waals surface area contributed by atoms with Crippen molar-refractivity contribution in [3.63, 3.8) is 0 Å². The van der Waals surface area contributed by atoms with Gasteiger partial charge in [-0.2, -0.15) is 0 Å². The van der Waals surface area contributed by atoms with Crippen molar-refractivity contribution in [3.05, 3.63) is 29.8 Å². The van der Waals surface area contributed by atoms with Gasteiger partial charge in [0, 0.05) is 0 Å². The number of ether oxygens (including phenoxy) is 1. The van der Waals surface area contributed by atoms with Crippen LogP contribution in [0.5, 0.6) is 5.75 Å². The molecule has 3 nitrogen and oxygen atoms in total. The van der Waals surface area contributed by atoms with E-state index in [0.29, 0.717) is 0 Å². The van der Waals surface area contributed by atoms with E-state index < -0.39 is 0 Å². The molecule has 0 aliphatic carbocycles. The third-order valence-corrected chi connectivity index (χ3v) is 2.32. The van der Waals surface area contributed by atoms with Gasteiger partial charge in [0.2, 0.25) is 5.91 Å². The SMILES string of the molecule is CCCCCOc1ccc(CC(N)=O)cc1. The van der Waals surface area contributed by atoms with Gasteiger partial charge in [0.1, 0.15) is 5.75 Å². The Morgan fingerprint density at radius 1 is 1.25 bits per heavy atom. The lowest BCUT2D eigenvalue weighted by molar-refractivity contribution is -0.117. The molecule has 1 aromatic rings. The molecule has 88 valence electrons. The van der Waals surface area contributed by atoms with Gasteiger partial charge in [-0.3, -0.25) is 4.79 Å². The standard InChI is InChI=1S/C13H19NO2/c1-2-3-4-9-16-12-7-5-11(6-8-12)10-13(14)15/h5-8H,2-4,9-10H2,1H3,(H2,14,15). The van der Waals surface area contributed by atoms with E-state index in [4.69, 9.17) is 10.5 Å². The zero-order valence-corrected chi connectivity index (χ0v) is 9.74. The van der Waals surface area contributed by atoms with Crippen LogP contribution in [0.2, 0.25) is 0 Å². The molecule has 0 fully saturated rings. The first kappa shape index (κ1) is 12.6. The van der Waals surface area contributed by atoms with Gasteiger partial charge in [-0.25, -0.2) is 0 Å². The fraction of sp³-hybridized carbons (Fsp3) is 0.462. The molecule has 2 N–H and O–H groups in total. The van der Waals surface area contributed by atoms with Gasteiger partial charge in [-0.15, -0.1) is 0 Å². The highest BCUT2D eigenvalue weighted by atomic mass is 16.5. The number of carbonyl (C=O) groups excluding carboxylic acids is 1. The Morgan fingerprint density at radius 2 is 1.94 bits per heavy atom. The van der Waals surface area contributed by atoms with E-state index >= 15 is 0 Å². The van der Waals surface area contributed by atoms with Crippen LogP contribution in [-0.2, 0) is 11.2 Å². The maximum Gasteiger partial charge on any atom is 0.221 e. The Balaban J connectivity index is 2.36. The van der Waals surface area contributed by atoms with Gasteiger partial charge in [-0.05, 0) is 24.1 Å². The molecule has 0 heterocycles. The van der Waals surface area contributed by atoms with Crippen molar-refractivity contribution in [3.8, 4) is 5.75 Å². The highest BCUT2D eigenvalue weighted by Crippen LogP contribution is 2.13. The zero-order valence-electron chi connectivity index (χ0n) is 9.74. The van der Waals surface area contributed by atoms with Crippen LogP contribution in [0.3, 0.4) is 0 Å². The van der Waals surface area contributed by atoms with E-state index in [1.165, 1.54) is 12.8 Å². The summed E-state index contributed by atoms with van der Waals surface area (Å²) in [5.74, 6) is 0.543. The van der Waals surface area contributed by atoms with Gasteiger partial charge in [0.25, 0.3) is 0 Å². The van der Waals surface area contributed by atoms with E-state index in [2.05, 4.69) is 6.92 Å². The number of rotatable bonds is 7. The summed E-state index contributed by atoms with van der Waals surface area (Å²) in [6.45, 7) is 2.92. The van der Waals surface area contributed by atoms with Crippen molar-refractivity contribution in [1.29, 1.82) is 0 Å². The molecular formula is C13H19NO2. The fourth-order valence-electron chi connectivity index (χ4n) is 1.45. The Kier molecular flexibility index (Phi) is 5.40. The third-order valence-electron chi connectivity index (χ3n) is 2.32. The van der Waals surface area contributed by atoms with Crippen molar-refractivity contribution in [2.75, 3.05) is 6.61 Å². The van der Waals surface area contributed by atoms with E-state index in [0.717, 1.165) is 24.3 Å². The van der Waals surface area contributed by atoms with E-state index in [9.17, 15) is 4.79 Å². The maximum absolute atomic E-state index is 10.7. The highest BCUT2D eigenvalue weighted by molar-refractivity contribution is 5.76. The molecule has 1 aromatic carbocycles. The average Bonchev–Trinajstić information content (AvgIpc) is 2.26. The highest BCUT2D eigenvalue weighted by Gasteiger charge is 1.99. The van der Waals surface area contributed by atoms with E-state index in [-0.39, 0.29) is 12.3 Å². The molecule has 0 saturated heterocycles. The number of amides is 1. The average molecular weight is 221 g/mol. The summed E-state index contributed by atoms with van der Waals surface area (Å²) in [5.41, 5.74) is 6.03. The molecule has 0 aromatic heterocycles. The predicted octanol–water partition coefficient (Wildman–Crippen LogP) is 2.28. The lowest BCUT2D eigenvalue weighted by Crippen LogP contribution is -2.13. The minimum absolute atomic E-state index is 0.288. The first-order valence-corrected chi connectivity index (χ1v) is 5.72. The van der Waals surface area contributed by atoms with Crippen molar-refractivity contribution in [2.45, 2.75) is 32.6 Å². The van der Waals surface area contributed by atoms with Crippen molar-refractivity contribution >= 4 is 5.91 Å². The normalized spacial score (nSPS) is 10.1. The number of hydrogen-bond acceptors (Lipinski definition) is 2. The van der Waals surface area contributed by atoms with Crippen molar-refractivity contribution < 1.29 is 9.53 Å². The largest absolute Gasteiger partial charge is 0.494 e. The van der Waals surface area contributed by atoms with Crippen LogP contribution in [-0.4, -0.2) is 12.5 Å². The van der Waals surface area contributed by atoms with Crippen LogP contribution in [0.1, 0.15) is 31.7 Å². The second-order valence-electron chi connectivity index (χ2n) is 3.84. The van der Waals surface area contributed by atoms with Crippen LogP contribution in [0.25, 0.3) is 0 Å². The Morgan fingerprint density at radius 3 is 2.50 bits per heavy atom. The van der Waals surface area contributed by atoms with Crippen LogP contribution in [0.4, 0.5) is 0 Å². The first-order valence-electron chi connectivity index (χ1n) is 5.72. The quantitative estimate of drug-likeness (QED) is 0.718. The lowest BCUT2D eigenvalue weighted by Gasteiger charge is -2.06. The molecule has 3 heteroatoms. The molecule has 16 heavy (non-hydrogen) atoms. The zero-order chi connectivity index (χ0) is 11.8. The summed E-state index contributed by atoms with van der Waals surface area (Å²) >= 11 is 0. The maximum atomic E-state index is 10.7. The minimum atomic E-state index is -0.309. The van der Waals surface area contributed by atoms with Crippen molar-refractivity contribution in [2.24, 2.45) is 5.73 Å². The smallest absolute Gasteiger partial charge is 0.221 e. The van der Waals surface area contributed by atoms with E-state index in [1.807, 2.05) is 24.3 Å². The lowest BCUT2D eigenvalue weighted by atomic mass is 10.1. The monoisotopic (exact) mass is 221 g/mol. The van der Waals surface area contributed by atoms with Crippen LogP contribution < -0.4 is 10.5 Å². The number of benzene rings is 1. The summed E-state index contributed by atoms with van der Waals surface area (Å²) in [4.78, 5) is 10.7. The van der Waals surface area contributed by atoms with Crippen LogP contribution in [0, 0.1) is 0 Å². The second-order valence-corrected chi connectivity index (χ2v) is 3.84. The molecule has 0 radical (unpaired) electrons. The molecule has 1 rings (SSSR count). The number of unbranched alkanes of at least 4 members (excludes halogenated alkanes) is 2. The molecule has 0 aliphatic heterocycles. The Labute approximate surface area is 96.6 Å². The second kappa shape index (κ2) is 6.88. The summed E-state index contributed by atoms with van der Waals surface area (Å²) in [5, 5.41) is 0. The molecule has 1 amide bonds. The topological polar surface area (TPSA) is 52.3 Å². The molecule has 0 aliphatic rings. The Bertz CT molecular complexity index is 319. The summed E-state index contributed by atoms with van der Waals surface area (Å²) < 4.78 is 5.55. The van der Waals surface area contributed by atoms with Crippen LogP contribution >= 0.6 is 0 Å². The molecule has 0 unspecified atom stereocenters. The summed E-state index contributed by atoms with van der Waals surface area (Å²) in [7, 11) is 0. The molecular weight excluding hydrogens is 202 g/mol. The number of nitrogens with two attached hydrogens (primary N) is 1. The number of carbonyl (C=O) groups is 1. The van der Waals surface area contributed by atoms with Crippen LogP contribution in [0.15, 0.2) is 24.3 Å². The number of primary amides is 1. The predicted molar refractivity (Wildman–Crippen MR) is 64.4 cm³/mol. The third kappa shape index (κ3) is 4.82. The van der Waals surface area contributed by atoms with Gasteiger partial charge in [-0.1, -0.05) is 31.9 Å². The van der Waals surface area contributed by atoms with Gasteiger partial charge >= 0.3 is 0 Å². The Hall–Kier alpha value is -1.51. The first-order chi connectivity index (χ1) is 7.72. The van der Waals surface area contributed by atoms with Gasteiger partial charge in [0.05, 0.1) is 13.0 Å². The molecule has 0 atom stereocenters. The minimum Gasteiger partial charge on any atom is -0.494 e. The van der Waals surface area contributed by atoms with Gasteiger partial charge in [0.15, 0.2) is 0 Å². The molecule has 0 bridgehead atoms. The van der Waals surface area contributed by atoms with Crippen molar-refractivity contribution in [1.82, 2.24) is 0 Å². The number of hydrogen-bond donors (Lipinski definition) is 1. The molecule has 0 spiro atoms. The van der Waals surface area contributed by atoms with E-state index in [1.54, 1.807) is 0 Å².